The second kappa shape index (κ2) is 6.91. The van der Waals surface area contributed by atoms with Gasteiger partial charge in [-0.15, -0.1) is 0 Å². The van der Waals surface area contributed by atoms with Gasteiger partial charge in [-0.25, -0.2) is 0 Å². The van der Waals surface area contributed by atoms with Crippen LogP contribution in [0.4, 0.5) is 0 Å². The molecule has 0 heterocycles. The molecule has 0 saturated heterocycles. The average molecular weight is 367 g/mol. The Labute approximate surface area is 128 Å². The Hall–Kier alpha value is -1.07. The molecule has 1 N–H and O–H groups in total. The van der Waals surface area contributed by atoms with Crippen LogP contribution in [-0.4, -0.2) is 14.2 Å². The molecule has 3 heteroatoms. The summed E-state index contributed by atoms with van der Waals surface area (Å²) in [5.74, 6) is 0.952. The van der Waals surface area contributed by atoms with E-state index in [2.05, 4.69) is 64.3 Å². The lowest BCUT2D eigenvalue weighted by molar-refractivity contribution is 0.406. The summed E-state index contributed by atoms with van der Waals surface area (Å²) in [4.78, 5) is 0. The molecule has 19 heavy (non-hydrogen) atoms. The minimum absolute atomic E-state index is 0.296. The summed E-state index contributed by atoms with van der Waals surface area (Å²) < 4.78 is 6.71. The van der Waals surface area contributed by atoms with Gasteiger partial charge in [0.2, 0.25) is 0 Å². The molecule has 0 saturated carbocycles. The van der Waals surface area contributed by atoms with E-state index in [0.717, 1.165) is 12.2 Å². The Morgan fingerprint density at radius 1 is 1.11 bits per heavy atom. The predicted octanol–water partition coefficient (Wildman–Crippen LogP) is 3.80. The summed E-state index contributed by atoms with van der Waals surface area (Å²) in [5.41, 5.74) is 2.56. The first-order chi connectivity index (χ1) is 9.26. The molecule has 100 valence electrons. The molecule has 2 aromatic rings. The van der Waals surface area contributed by atoms with Gasteiger partial charge in [0.1, 0.15) is 5.75 Å². The lowest BCUT2D eigenvalue weighted by Gasteiger charge is -2.19. The van der Waals surface area contributed by atoms with Crippen LogP contribution in [0.5, 0.6) is 5.75 Å². The highest BCUT2D eigenvalue weighted by Crippen LogP contribution is 2.27. The number of ether oxygens (including phenoxy) is 1. The first kappa shape index (κ1) is 14.3. The fourth-order valence-electron chi connectivity index (χ4n) is 2.22. The van der Waals surface area contributed by atoms with Crippen molar-refractivity contribution in [2.45, 2.75) is 12.5 Å². The lowest BCUT2D eigenvalue weighted by atomic mass is 9.98. The first-order valence-corrected chi connectivity index (χ1v) is 7.37. The van der Waals surface area contributed by atoms with Crippen molar-refractivity contribution in [2.75, 3.05) is 14.2 Å². The van der Waals surface area contributed by atoms with Gasteiger partial charge in [0.15, 0.2) is 0 Å². The molecular formula is C16H18INO. The minimum atomic E-state index is 0.296. The van der Waals surface area contributed by atoms with Crippen molar-refractivity contribution in [3.05, 3.63) is 63.2 Å². The number of para-hydroxylation sites is 1. The van der Waals surface area contributed by atoms with Crippen molar-refractivity contribution in [3.63, 3.8) is 0 Å². The average Bonchev–Trinajstić information content (AvgIpc) is 2.46. The van der Waals surface area contributed by atoms with Crippen LogP contribution in [0.15, 0.2) is 48.5 Å². The zero-order chi connectivity index (χ0) is 13.7. The van der Waals surface area contributed by atoms with E-state index in [9.17, 15) is 0 Å². The van der Waals surface area contributed by atoms with Crippen LogP contribution < -0.4 is 10.1 Å². The summed E-state index contributed by atoms with van der Waals surface area (Å²) in [6.07, 6.45) is 0.917. The van der Waals surface area contributed by atoms with Gasteiger partial charge in [-0.1, -0.05) is 36.4 Å². The van der Waals surface area contributed by atoms with Crippen LogP contribution in [0.1, 0.15) is 17.2 Å². The Bertz CT molecular complexity index is 542. The Morgan fingerprint density at radius 3 is 2.47 bits per heavy atom. The maximum absolute atomic E-state index is 5.43. The van der Waals surface area contributed by atoms with Crippen LogP contribution in [0, 0.1) is 3.57 Å². The zero-order valence-corrected chi connectivity index (χ0v) is 13.3. The molecule has 1 unspecified atom stereocenters. The molecule has 0 spiro atoms. The molecule has 2 rings (SSSR count). The quantitative estimate of drug-likeness (QED) is 0.812. The number of methoxy groups -OCH3 is 1. The van der Waals surface area contributed by atoms with E-state index in [1.165, 1.54) is 14.7 Å². The van der Waals surface area contributed by atoms with E-state index in [1.807, 2.05) is 19.2 Å². The third-order valence-corrected chi connectivity index (χ3v) is 4.23. The Morgan fingerprint density at radius 2 is 1.79 bits per heavy atom. The molecule has 0 fully saturated rings. The van der Waals surface area contributed by atoms with E-state index in [0.29, 0.717) is 6.04 Å². The number of nitrogens with one attached hydrogen (secondary N) is 1. The highest BCUT2D eigenvalue weighted by molar-refractivity contribution is 14.1. The van der Waals surface area contributed by atoms with Gasteiger partial charge in [0.05, 0.1) is 7.11 Å². The number of likely N-dealkylation sites (N-methyl/N-ethyl adjacent to an activating group) is 1. The largest absolute Gasteiger partial charge is 0.496 e. The molecule has 0 aliphatic carbocycles. The van der Waals surface area contributed by atoms with Crippen molar-refractivity contribution in [2.24, 2.45) is 0 Å². The number of benzene rings is 2. The highest BCUT2D eigenvalue weighted by atomic mass is 127. The van der Waals surface area contributed by atoms with Gasteiger partial charge in [-0.3, -0.25) is 0 Å². The summed E-state index contributed by atoms with van der Waals surface area (Å²) in [6, 6.07) is 17.0. The topological polar surface area (TPSA) is 21.3 Å². The summed E-state index contributed by atoms with van der Waals surface area (Å²) in [7, 11) is 3.72. The fourth-order valence-corrected chi connectivity index (χ4v) is 2.98. The normalized spacial score (nSPS) is 12.2. The van der Waals surface area contributed by atoms with Gasteiger partial charge in [0, 0.05) is 9.61 Å². The van der Waals surface area contributed by atoms with Crippen LogP contribution in [0.2, 0.25) is 0 Å². The molecule has 0 aliphatic rings. The first-order valence-electron chi connectivity index (χ1n) is 6.30. The van der Waals surface area contributed by atoms with E-state index < -0.39 is 0 Å². The number of hydrogen-bond donors (Lipinski definition) is 1. The number of hydrogen-bond acceptors (Lipinski definition) is 2. The van der Waals surface area contributed by atoms with Gasteiger partial charge in [0.25, 0.3) is 0 Å². The predicted molar refractivity (Wildman–Crippen MR) is 87.7 cm³/mol. The van der Waals surface area contributed by atoms with Crippen LogP contribution in [-0.2, 0) is 6.42 Å². The van der Waals surface area contributed by atoms with Crippen molar-refractivity contribution in [1.82, 2.24) is 5.32 Å². The molecule has 2 aromatic carbocycles. The maximum Gasteiger partial charge on any atom is 0.122 e. The van der Waals surface area contributed by atoms with Crippen LogP contribution >= 0.6 is 22.6 Å². The van der Waals surface area contributed by atoms with E-state index in [1.54, 1.807) is 7.11 Å². The highest BCUT2D eigenvalue weighted by Gasteiger charge is 2.14. The van der Waals surface area contributed by atoms with Crippen LogP contribution in [0.3, 0.4) is 0 Å². The van der Waals surface area contributed by atoms with Crippen molar-refractivity contribution in [3.8, 4) is 5.75 Å². The van der Waals surface area contributed by atoms with Gasteiger partial charge >= 0.3 is 0 Å². The summed E-state index contributed by atoms with van der Waals surface area (Å²) in [5, 5.41) is 3.40. The molecule has 0 aliphatic heterocycles. The smallest absolute Gasteiger partial charge is 0.122 e. The SMILES string of the molecule is CNC(Cc1ccccc1OC)c1ccccc1I. The summed E-state index contributed by atoms with van der Waals surface area (Å²) in [6.45, 7) is 0. The molecule has 1 atom stereocenters. The molecule has 2 nitrogen and oxygen atoms in total. The Balaban J connectivity index is 2.27. The second-order valence-electron chi connectivity index (χ2n) is 4.38. The minimum Gasteiger partial charge on any atom is -0.496 e. The zero-order valence-electron chi connectivity index (χ0n) is 11.2. The number of halogens is 1. The lowest BCUT2D eigenvalue weighted by Crippen LogP contribution is -2.20. The van der Waals surface area contributed by atoms with Crippen LogP contribution in [0.25, 0.3) is 0 Å². The van der Waals surface area contributed by atoms with E-state index in [-0.39, 0.29) is 0 Å². The monoisotopic (exact) mass is 367 g/mol. The second-order valence-corrected chi connectivity index (χ2v) is 5.54. The third kappa shape index (κ3) is 3.48. The van der Waals surface area contributed by atoms with Crippen molar-refractivity contribution >= 4 is 22.6 Å². The summed E-state index contributed by atoms with van der Waals surface area (Å²) >= 11 is 2.39. The number of rotatable bonds is 5. The fraction of sp³-hybridized carbons (Fsp3) is 0.250. The van der Waals surface area contributed by atoms with E-state index >= 15 is 0 Å². The molecular weight excluding hydrogens is 349 g/mol. The van der Waals surface area contributed by atoms with Crippen molar-refractivity contribution < 1.29 is 4.74 Å². The van der Waals surface area contributed by atoms with E-state index in [4.69, 9.17) is 4.74 Å². The van der Waals surface area contributed by atoms with Crippen molar-refractivity contribution in [1.29, 1.82) is 0 Å². The van der Waals surface area contributed by atoms with Gasteiger partial charge < -0.3 is 10.1 Å². The molecule has 0 amide bonds. The molecule has 0 bridgehead atoms. The molecule has 0 aromatic heterocycles. The Kier molecular flexibility index (Phi) is 5.22. The standard InChI is InChI=1S/C16H18INO/c1-18-15(13-8-4-5-9-14(13)17)11-12-7-3-6-10-16(12)19-2/h3-10,15,18H,11H2,1-2H3. The maximum atomic E-state index is 5.43. The third-order valence-electron chi connectivity index (χ3n) is 3.25. The molecule has 0 radical (unpaired) electrons. The van der Waals surface area contributed by atoms with Gasteiger partial charge in [-0.2, -0.15) is 0 Å². The van der Waals surface area contributed by atoms with Gasteiger partial charge in [-0.05, 0) is 59.3 Å².